The Labute approximate surface area is 104 Å². The van der Waals surface area contributed by atoms with E-state index in [1.165, 1.54) is 18.4 Å². The molecular formula is C12H13N4O2. The van der Waals surface area contributed by atoms with Gasteiger partial charge in [0, 0.05) is 14.1 Å². The zero-order valence-electron chi connectivity index (χ0n) is 10.2. The molecule has 93 valence electrons. The van der Waals surface area contributed by atoms with Gasteiger partial charge in [0.15, 0.2) is 0 Å². The van der Waals surface area contributed by atoms with Crippen LogP contribution in [0.3, 0.4) is 0 Å². The van der Waals surface area contributed by atoms with Crippen LogP contribution in [-0.4, -0.2) is 46.3 Å². The lowest BCUT2D eigenvalue weighted by Crippen LogP contribution is -2.37. The third-order valence-electron chi connectivity index (χ3n) is 2.58. The molecule has 0 aliphatic heterocycles. The number of aromatic amines is 1. The number of carbonyl (C=O) groups is 1. The van der Waals surface area contributed by atoms with Crippen LogP contribution in [0, 0.1) is 0 Å². The fourth-order valence-corrected chi connectivity index (χ4v) is 1.67. The summed E-state index contributed by atoms with van der Waals surface area (Å²) in [5.74, 6) is 0.673. The van der Waals surface area contributed by atoms with Crippen molar-refractivity contribution in [1.82, 2.24) is 19.8 Å². The number of H-pyrrole nitrogens is 1. The first kappa shape index (κ1) is 12.1. The van der Waals surface area contributed by atoms with Gasteiger partial charge < -0.3 is 9.88 Å². The molecule has 0 spiro atoms. The lowest BCUT2D eigenvalue weighted by molar-refractivity contribution is 0.187. The lowest BCUT2D eigenvalue weighted by atomic mass is 10.3. The number of hydrogen-bond acceptors (Lipinski definition) is 3. The van der Waals surface area contributed by atoms with Crippen molar-refractivity contribution in [2.24, 2.45) is 0 Å². The number of amides is 3. The van der Waals surface area contributed by atoms with Gasteiger partial charge in [0.25, 0.3) is 0 Å². The van der Waals surface area contributed by atoms with Crippen LogP contribution in [0.2, 0.25) is 0 Å². The second-order valence-corrected chi connectivity index (χ2v) is 3.99. The van der Waals surface area contributed by atoms with Gasteiger partial charge in [-0.2, -0.15) is 0 Å². The second kappa shape index (κ2) is 4.87. The molecule has 6 nitrogen and oxygen atoms in total. The number of hydrogen-bond donors (Lipinski definition) is 1. The van der Waals surface area contributed by atoms with E-state index in [9.17, 15) is 9.59 Å². The summed E-state index contributed by atoms with van der Waals surface area (Å²) < 4.78 is 0. The molecule has 1 aromatic heterocycles. The predicted molar refractivity (Wildman–Crippen MR) is 66.4 cm³/mol. The molecule has 2 rings (SSSR count). The molecule has 6 heteroatoms. The molecule has 0 atom stereocenters. The van der Waals surface area contributed by atoms with Crippen molar-refractivity contribution in [1.29, 1.82) is 0 Å². The number of para-hydroxylation sites is 2. The molecule has 1 aromatic carbocycles. The minimum absolute atomic E-state index is 0.305. The number of nitrogens with zero attached hydrogens (tertiary/aromatic N) is 3. The summed E-state index contributed by atoms with van der Waals surface area (Å²) in [7, 11) is 2.97. The summed E-state index contributed by atoms with van der Waals surface area (Å²) in [6.45, 7) is 0.305. The molecule has 0 saturated heterocycles. The molecular weight excluding hydrogens is 232 g/mol. The Kier molecular flexibility index (Phi) is 3.27. The normalized spacial score (nSPS) is 10.3. The van der Waals surface area contributed by atoms with Crippen molar-refractivity contribution in [3.8, 4) is 0 Å². The van der Waals surface area contributed by atoms with Gasteiger partial charge >= 0.3 is 12.4 Å². The van der Waals surface area contributed by atoms with Crippen molar-refractivity contribution >= 4 is 23.5 Å². The SMILES string of the molecule is CN([C]=O)C(=O)N(C)Cc1nc2ccccc2[nH]1. The van der Waals surface area contributed by atoms with Crippen molar-refractivity contribution in [3.63, 3.8) is 0 Å². The maximum absolute atomic E-state index is 11.6. The maximum Gasteiger partial charge on any atom is 0.326 e. The number of rotatable bonds is 3. The highest BCUT2D eigenvalue weighted by Crippen LogP contribution is 2.11. The van der Waals surface area contributed by atoms with Crippen LogP contribution in [0.5, 0.6) is 0 Å². The highest BCUT2D eigenvalue weighted by atomic mass is 16.2. The largest absolute Gasteiger partial charge is 0.340 e. The molecule has 1 N–H and O–H groups in total. The third kappa shape index (κ3) is 2.32. The van der Waals surface area contributed by atoms with E-state index in [1.54, 1.807) is 7.05 Å². The fraction of sp³-hybridized carbons (Fsp3) is 0.250. The summed E-state index contributed by atoms with van der Waals surface area (Å²) in [4.78, 5) is 31.7. The number of aromatic nitrogens is 2. The minimum atomic E-state index is -0.426. The molecule has 0 unspecified atom stereocenters. The standard InChI is InChI=1S/C12H13N4O2/c1-15(12(18)16(2)8-17)7-11-13-9-5-3-4-6-10(9)14-11/h3-6H,7H2,1-2H3,(H,13,14). The van der Waals surface area contributed by atoms with Gasteiger partial charge in [0.1, 0.15) is 5.82 Å². The molecule has 3 amide bonds. The zero-order chi connectivity index (χ0) is 13.1. The van der Waals surface area contributed by atoms with Gasteiger partial charge in [-0.1, -0.05) is 12.1 Å². The van der Waals surface area contributed by atoms with E-state index >= 15 is 0 Å². The van der Waals surface area contributed by atoms with Crippen LogP contribution in [0.4, 0.5) is 4.79 Å². The summed E-state index contributed by atoms with van der Waals surface area (Å²) in [5, 5.41) is 0. The summed E-state index contributed by atoms with van der Waals surface area (Å²) in [6.07, 6.45) is 1.52. The molecule has 0 aliphatic carbocycles. The monoisotopic (exact) mass is 245 g/mol. The minimum Gasteiger partial charge on any atom is -0.340 e. The van der Waals surface area contributed by atoms with Crippen LogP contribution in [0.25, 0.3) is 11.0 Å². The number of imide groups is 1. The van der Waals surface area contributed by atoms with E-state index < -0.39 is 6.03 Å². The molecule has 2 aromatic rings. The second-order valence-electron chi connectivity index (χ2n) is 3.99. The van der Waals surface area contributed by atoms with Gasteiger partial charge in [-0.25, -0.2) is 9.78 Å². The van der Waals surface area contributed by atoms with Gasteiger partial charge in [0.2, 0.25) is 0 Å². The lowest BCUT2D eigenvalue weighted by Gasteiger charge is -2.18. The quantitative estimate of drug-likeness (QED) is 0.824. The predicted octanol–water partition coefficient (Wildman–Crippen LogP) is 1.11. The molecule has 0 saturated carbocycles. The number of nitrogens with one attached hydrogen (secondary N) is 1. The average Bonchev–Trinajstić information content (AvgIpc) is 2.78. The van der Waals surface area contributed by atoms with E-state index in [-0.39, 0.29) is 0 Å². The third-order valence-corrected chi connectivity index (χ3v) is 2.58. The molecule has 0 fully saturated rings. The molecule has 1 radical (unpaired) electrons. The van der Waals surface area contributed by atoms with Crippen molar-refractivity contribution < 1.29 is 9.59 Å². The summed E-state index contributed by atoms with van der Waals surface area (Å²) >= 11 is 0. The Morgan fingerprint density at radius 3 is 2.78 bits per heavy atom. The topological polar surface area (TPSA) is 69.3 Å². The Hall–Kier alpha value is -2.37. The van der Waals surface area contributed by atoms with Crippen LogP contribution in [0.1, 0.15) is 5.82 Å². The summed E-state index contributed by atoms with van der Waals surface area (Å²) in [5.41, 5.74) is 1.77. The van der Waals surface area contributed by atoms with Gasteiger partial charge in [0.05, 0.1) is 17.6 Å². The van der Waals surface area contributed by atoms with E-state index in [0.29, 0.717) is 12.4 Å². The molecule has 18 heavy (non-hydrogen) atoms. The fourth-order valence-electron chi connectivity index (χ4n) is 1.67. The highest BCUT2D eigenvalue weighted by molar-refractivity contribution is 5.84. The molecule has 0 bridgehead atoms. The Bertz CT molecular complexity index is 545. The van der Waals surface area contributed by atoms with E-state index in [4.69, 9.17) is 0 Å². The van der Waals surface area contributed by atoms with Crippen LogP contribution >= 0.6 is 0 Å². The zero-order valence-corrected chi connectivity index (χ0v) is 10.2. The van der Waals surface area contributed by atoms with Crippen molar-refractivity contribution in [3.05, 3.63) is 30.1 Å². The smallest absolute Gasteiger partial charge is 0.326 e. The first-order chi connectivity index (χ1) is 8.61. The van der Waals surface area contributed by atoms with Crippen molar-refractivity contribution in [2.75, 3.05) is 14.1 Å². The van der Waals surface area contributed by atoms with Gasteiger partial charge in [-0.05, 0) is 12.1 Å². The Balaban J connectivity index is 2.13. The highest BCUT2D eigenvalue weighted by Gasteiger charge is 2.15. The first-order valence-corrected chi connectivity index (χ1v) is 5.42. The van der Waals surface area contributed by atoms with E-state index in [0.717, 1.165) is 15.9 Å². The maximum atomic E-state index is 11.6. The van der Waals surface area contributed by atoms with Gasteiger partial charge in [-0.3, -0.25) is 9.69 Å². The van der Waals surface area contributed by atoms with Crippen LogP contribution in [-0.2, 0) is 11.3 Å². The number of benzene rings is 1. The first-order valence-electron chi connectivity index (χ1n) is 5.42. The summed E-state index contributed by atoms with van der Waals surface area (Å²) in [6, 6.07) is 7.19. The van der Waals surface area contributed by atoms with E-state index in [2.05, 4.69) is 9.97 Å². The Morgan fingerprint density at radius 1 is 1.39 bits per heavy atom. The van der Waals surface area contributed by atoms with Crippen LogP contribution < -0.4 is 0 Å². The molecule has 0 aliphatic rings. The number of carbonyl (C=O) groups excluding carboxylic acids is 2. The van der Waals surface area contributed by atoms with Gasteiger partial charge in [-0.15, -0.1) is 0 Å². The average molecular weight is 245 g/mol. The van der Waals surface area contributed by atoms with Crippen LogP contribution in [0.15, 0.2) is 24.3 Å². The Morgan fingerprint density at radius 2 is 2.11 bits per heavy atom. The van der Waals surface area contributed by atoms with E-state index in [1.807, 2.05) is 24.3 Å². The number of imidazole rings is 1. The number of urea groups is 1. The van der Waals surface area contributed by atoms with Crippen molar-refractivity contribution in [2.45, 2.75) is 6.54 Å². The number of fused-ring (bicyclic) bond motifs is 1. The molecule has 1 heterocycles.